The first-order valence-corrected chi connectivity index (χ1v) is 13.4. The smallest absolute Gasteiger partial charge is 0.550 e. The molecule has 170 valence electrons. The van der Waals surface area contributed by atoms with Crippen LogP contribution in [0.1, 0.15) is 99.8 Å². The Morgan fingerprint density at radius 1 is 0.679 bits per heavy atom. The van der Waals surface area contributed by atoms with Crippen molar-refractivity contribution in [1.29, 1.82) is 0 Å². The summed E-state index contributed by atoms with van der Waals surface area (Å²) in [7, 11) is 0. The van der Waals surface area contributed by atoms with E-state index in [1.807, 2.05) is 0 Å². The van der Waals surface area contributed by atoms with Crippen LogP contribution in [-0.4, -0.2) is 26.1 Å². The van der Waals surface area contributed by atoms with Gasteiger partial charge in [0.2, 0.25) is 0 Å². The molecule has 28 heavy (non-hydrogen) atoms. The molecule has 0 bridgehead atoms. The van der Waals surface area contributed by atoms with Crippen molar-refractivity contribution in [1.82, 2.24) is 0 Å². The van der Waals surface area contributed by atoms with Gasteiger partial charge in [-0.15, -0.1) is 0 Å². The average molecular weight is 459 g/mol. The molecule has 0 amide bonds. The number of hydrogen-bond donors (Lipinski definition) is 0. The number of carboxylic acids is 2. The van der Waals surface area contributed by atoms with Crippen LogP contribution in [-0.2, 0) is 26.1 Å². The first kappa shape index (κ1) is 35.4. The molecule has 0 rings (SSSR count). The number of carbonyl (C=O) groups excluding carboxylic acids is 2. The minimum Gasteiger partial charge on any atom is -0.550 e. The fourth-order valence-corrected chi connectivity index (χ4v) is 4.24. The number of rotatable bonds is 13. The van der Waals surface area contributed by atoms with Gasteiger partial charge in [0.1, 0.15) is 0 Å². The summed E-state index contributed by atoms with van der Waals surface area (Å²) < 4.78 is 0. The molecule has 0 aliphatic carbocycles. The molecule has 0 saturated heterocycles. The standard InChI is InChI=1S/2C8H16O2.3C2H5.Al.Ni/c2*1-7(2)5-3-4-6-8(9)10;3*1-2;;/h2*7H,3-6H2,1-2H3,(H,9,10);3*1H2,2H3;;/q;;;;;;+2/p-2. The van der Waals surface area contributed by atoms with Gasteiger partial charge in [0.15, 0.2) is 0 Å². The van der Waals surface area contributed by atoms with Crippen LogP contribution in [0.2, 0.25) is 15.8 Å². The molecule has 0 aromatic rings. The van der Waals surface area contributed by atoms with Crippen LogP contribution >= 0.6 is 0 Å². The van der Waals surface area contributed by atoms with E-state index in [4.69, 9.17) is 0 Å². The van der Waals surface area contributed by atoms with Crippen LogP contribution in [0.25, 0.3) is 0 Å². The SMILES string of the molecule is CC(C)CCCCC(=O)[O-].CC(C)CCCCC(=O)[O-].C[CH2][Al]([CH2]C)[CH2]C.[Ni+2]. The Balaban J connectivity index is -0.000000154. The van der Waals surface area contributed by atoms with Crippen molar-refractivity contribution < 1.29 is 36.3 Å². The van der Waals surface area contributed by atoms with Gasteiger partial charge in [-0.1, -0.05) is 90.0 Å². The summed E-state index contributed by atoms with van der Waals surface area (Å²) in [5.74, 6) is -0.490. The number of aliphatic carboxylic acids is 2. The molecule has 6 heteroatoms. The van der Waals surface area contributed by atoms with E-state index < -0.39 is 11.9 Å². The first-order valence-electron chi connectivity index (χ1n) is 11.0. The van der Waals surface area contributed by atoms with E-state index in [1.165, 1.54) is 15.8 Å². The zero-order chi connectivity index (χ0) is 21.7. The van der Waals surface area contributed by atoms with Crippen molar-refractivity contribution in [3.63, 3.8) is 0 Å². The molecular formula is C22H45AlNiO4. The average Bonchev–Trinajstić information content (AvgIpc) is 2.58. The van der Waals surface area contributed by atoms with Crippen molar-refractivity contribution in [2.24, 2.45) is 11.8 Å². The molecular weight excluding hydrogens is 414 g/mol. The molecule has 0 N–H and O–H groups in total. The van der Waals surface area contributed by atoms with Gasteiger partial charge in [0.25, 0.3) is 14.1 Å². The zero-order valence-electron chi connectivity index (χ0n) is 19.5. The van der Waals surface area contributed by atoms with Gasteiger partial charge in [-0.2, -0.15) is 0 Å². The molecule has 0 heterocycles. The predicted molar refractivity (Wildman–Crippen MR) is 114 cm³/mol. The second-order valence-electron chi connectivity index (χ2n) is 8.11. The van der Waals surface area contributed by atoms with Crippen molar-refractivity contribution >= 4 is 26.1 Å². The number of carboxylic acid groups (broad SMARTS) is 2. The Morgan fingerprint density at radius 2 is 0.964 bits per heavy atom. The fourth-order valence-electron chi connectivity index (χ4n) is 2.51. The molecule has 0 atom stereocenters. The van der Waals surface area contributed by atoms with E-state index in [1.54, 1.807) is 0 Å². The molecule has 0 saturated carbocycles. The van der Waals surface area contributed by atoms with Gasteiger partial charge in [-0.3, -0.25) is 0 Å². The molecule has 0 fully saturated rings. The number of carbonyl (C=O) groups is 2. The summed E-state index contributed by atoms with van der Waals surface area (Å²) in [4.78, 5) is 19.9. The van der Waals surface area contributed by atoms with Crippen LogP contribution in [0.5, 0.6) is 0 Å². The van der Waals surface area contributed by atoms with Crippen molar-refractivity contribution in [3.8, 4) is 0 Å². The molecule has 0 radical (unpaired) electrons. The summed E-state index contributed by atoms with van der Waals surface area (Å²) in [6.07, 6.45) is 6.21. The van der Waals surface area contributed by atoms with Crippen molar-refractivity contribution in [3.05, 3.63) is 0 Å². The largest absolute Gasteiger partial charge is 2.00 e. The predicted octanol–water partition coefficient (Wildman–Crippen LogP) is 4.44. The van der Waals surface area contributed by atoms with Gasteiger partial charge in [-0.25, -0.2) is 0 Å². The summed E-state index contributed by atoms with van der Waals surface area (Å²) in [5.41, 5.74) is 0. The number of hydrogen-bond acceptors (Lipinski definition) is 4. The van der Waals surface area contributed by atoms with Crippen molar-refractivity contribution in [2.45, 2.75) is 116 Å². The normalized spacial score (nSPS) is 9.61. The third-order valence-electron chi connectivity index (χ3n) is 4.56. The number of unbranched alkanes of at least 4 members (excludes halogenated alkanes) is 2. The Kier molecular flexibility index (Phi) is 34.1. The van der Waals surface area contributed by atoms with E-state index in [0.29, 0.717) is 11.8 Å². The van der Waals surface area contributed by atoms with E-state index in [2.05, 4.69) is 48.5 Å². The zero-order valence-corrected chi connectivity index (χ0v) is 21.6. The van der Waals surface area contributed by atoms with Gasteiger partial charge >= 0.3 is 16.5 Å². The van der Waals surface area contributed by atoms with E-state index >= 15 is 0 Å². The van der Waals surface area contributed by atoms with E-state index in [9.17, 15) is 19.8 Å². The van der Waals surface area contributed by atoms with E-state index in [-0.39, 0.29) is 43.5 Å². The van der Waals surface area contributed by atoms with Gasteiger partial charge in [-0.05, 0) is 37.5 Å². The van der Waals surface area contributed by atoms with Crippen LogP contribution in [0.3, 0.4) is 0 Å². The molecule has 0 aliphatic rings. The second-order valence-corrected chi connectivity index (χ2v) is 12.3. The van der Waals surface area contributed by atoms with Crippen LogP contribution in [0.15, 0.2) is 0 Å². The Morgan fingerprint density at radius 3 is 1.11 bits per heavy atom. The Labute approximate surface area is 189 Å². The Bertz CT molecular complexity index is 301. The van der Waals surface area contributed by atoms with Crippen molar-refractivity contribution in [2.75, 3.05) is 0 Å². The van der Waals surface area contributed by atoms with Crippen LogP contribution in [0, 0.1) is 11.8 Å². The van der Waals surface area contributed by atoms with Gasteiger partial charge < -0.3 is 19.8 Å². The van der Waals surface area contributed by atoms with Gasteiger partial charge in [0.05, 0.1) is 0 Å². The van der Waals surface area contributed by atoms with Crippen LogP contribution in [0.4, 0.5) is 0 Å². The molecule has 0 aliphatic heterocycles. The fraction of sp³-hybridized carbons (Fsp3) is 0.909. The molecule has 0 unspecified atom stereocenters. The summed E-state index contributed by atoms with van der Waals surface area (Å²) in [6, 6.07) is 0. The molecule has 0 spiro atoms. The second kappa shape index (κ2) is 27.0. The maximum absolute atomic E-state index is 9.93. The summed E-state index contributed by atoms with van der Waals surface area (Å²) in [5, 5.41) is 24.3. The molecule has 0 aromatic carbocycles. The first-order chi connectivity index (χ1) is 12.6. The topological polar surface area (TPSA) is 80.3 Å². The summed E-state index contributed by atoms with van der Waals surface area (Å²) >= 11 is -0.171. The monoisotopic (exact) mass is 458 g/mol. The molecule has 4 nitrogen and oxygen atoms in total. The maximum Gasteiger partial charge on any atom is 2.00 e. The molecule has 0 aromatic heterocycles. The third kappa shape index (κ3) is 40.6. The van der Waals surface area contributed by atoms with Gasteiger partial charge in [0, 0.05) is 11.9 Å². The minimum absolute atomic E-state index is 0. The van der Waals surface area contributed by atoms with E-state index in [0.717, 1.165) is 38.5 Å². The maximum atomic E-state index is 9.93. The third-order valence-corrected chi connectivity index (χ3v) is 8.02. The van der Waals surface area contributed by atoms with Crippen LogP contribution < -0.4 is 10.2 Å². The quantitative estimate of drug-likeness (QED) is 0.301. The summed E-state index contributed by atoms with van der Waals surface area (Å²) in [6.45, 7) is 15.5. The Hall–Kier alpha value is -0.0340. The minimum atomic E-state index is -0.927.